The third-order valence-corrected chi connectivity index (χ3v) is 11.3. The molecule has 1 saturated carbocycles. The molecule has 1 aromatic carbocycles. The van der Waals surface area contributed by atoms with Crippen LogP contribution in [0.3, 0.4) is 0 Å². The number of rotatable bonds is 6. The van der Waals surface area contributed by atoms with Crippen LogP contribution in [0.2, 0.25) is 0 Å². The second-order valence-electron chi connectivity index (χ2n) is 10.6. The van der Waals surface area contributed by atoms with Crippen molar-refractivity contribution in [1.82, 2.24) is 24.5 Å². The number of hydrogen-bond donors (Lipinski definition) is 0. The SMILES string of the molecule is Cc1cnc(C(=O)[C@]23Cc4cnn(-c5ccc(F)cc5)c4C=C2CC[C@H]([C@H](C)S(=O)(=O)c2cnn(C)c2)C3)s1. The van der Waals surface area contributed by atoms with E-state index in [0.717, 1.165) is 27.4 Å². The molecule has 39 heavy (non-hydrogen) atoms. The van der Waals surface area contributed by atoms with E-state index in [1.807, 2.05) is 13.0 Å². The molecule has 3 aromatic heterocycles. The molecule has 3 atom stereocenters. The van der Waals surface area contributed by atoms with E-state index < -0.39 is 20.5 Å². The van der Waals surface area contributed by atoms with Crippen molar-refractivity contribution in [3.05, 3.63) is 81.6 Å². The fourth-order valence-electron chi connectivity index (χ4n) is 6.01. The molecular weight excluding hydrogens is 537 g/mol. The van der Waals surface area contributed by atoms with Crippen LogP contribution < -0.4 is 0 Å². The highest BCUT2D eigenvalue weighted by molar-refractivity contribution is 7.92. The Labute approximate surface area is 230 Å². The summed E-state index contributed by atoms with van der Waals surface area (Å²) >= 11 is 1.37. The third kappa shape index (κ3) is 4.28. The van der Waals surface area contributed by atoms with Gasteiger partial charge in [0.1, 0.15) is 10.7 Å². The first-order chi connectivity index (χ1) is 18.6. The molecule has 4 aromatic rings. The third-order valence-electron chi connectivity index (χ3n) is 8.18. The normalized spacial score (nSPS) is 21.6. The number of aromatic nitrogens is 5. The summed E-state index contributed by atoms with van der Waals surface area (Å²) in [7, 11) is -1.95. The summed E-state index contributed by atoms with van der Waals surface area (Å²) in [6.07, 6.45) is 10.4. The van der Waals surface area contributed by atoms with Crippen molar-refractivity contribution in [2.24, 2.45) is 18.4 Å². The van der Waals surface area contributed by atoms with Gasteiger partial charge in [0.15, 0.2) is 14.8 Å². The van der Waals surface area contributed by atoms with Crippen LogP contribution >= 0.6 is 11.3 Å². The van der Waals surface area contributed by atoms with Crippen LogP contribution in [0.4, 0.5) is 4.39 Å². The van der Waals surface area contributed by atoms with Gasteiger partial charge < -0.3 is 0 Å². The van der Waals surface area contributed by atoms with Gasteiger partial charge in [0.25, 0.3) is 0 Å². The number of thiazole rings is 1. The van der Waals surface area contributed by atoms with Gasteiger partial charge in [0.05, 0.1) is 34.4 Å². The van der Waals surface area contributed by atoms with Crippen LogP contribution in [0, 0.1) is 24.1 Å². The number of sulfone groups is 1. The predicted molar refractivity (Wildman–Crippen MR) is 146 cm³/mol. The Hall–Kier alpha value is -3.44. The molecule has 202 valence electrons. The number of fused-ring (bicyclic) bond motifs is 2. The Morgan fingerprint density at radius 2 is 1.95 bits per heavy atom. The molecule has 1 fully saturated rings. The van der Waals surface area contributed by atoms with Gasteiger partial charge in [0.2, 0.25) is 5.78 Å². The fourth-order valence-corrected chi connectivity index (χ4v) is 8.48. The second kappa shape index (κ2) is 9.34. The van der Waals surface area contributed by atoms with E-state index in [0.29, 0.717) is 30.7 Å². The largest absolute Gasteiger partial charge is 0.290 e. The second-order valence-corrected chi connectivity index (χ2v) is 14.1. The number of Topliss-reactive ketones (excluding diaryl/α,β-unsaturated/α-hetero) is 1. The summed E-state index contributed by atoms with van der Waals surface area (Å²) in [4.78, 5) is 19.8. The molecular formula is C28H28FN5O3S2. The molecule has 0 unspecified atom stereocenters. The Bertz CT molecular complexity index is 1720. The summed E-state index contributed by atoms with van der Waals surface area (Å²) in [5.74, 6) is -0.621. The number of benzene rings is 1. The first kappa shape index (κ1) is 25.8. The van der Waals surface area contributed by atoms with Crippen LogP contribution in [-0.4, -0.2) is 44.0 Å². The highest BCUT2D eigenvalue weighted by atomic mass is 32.2. The van der Waals surface area contributed by atoms with Gasteiger partial charge in [-0.2, -0.15) is 10.2 Å². The minimum atomic E-state index is -3.64. The fraction of sp³-hybridized carbons (Fsp3) is 0.357. The van der Waals surface area contributed by atoms with Crippen LogP contribution in [0.15, 0.2) is 59.5 Å². The minimum absolute atomic E-state index is 0.0669. The molecule has 0 aliphatic heterocycles. The molecule has 6 rings (SSSR count). The van der Waals surface area contributed by atoms with E-state index in [9.17, 15) is 17.6 Å². The summed E-state index contributed by atoms with van der Waals surface area (Å²) in [5.41, 5.74) is 2.56. The Morgan fingerprint density at radius 3 is 2.62 bits per heavy atom. The van der Waals surface area contributed by atoms with E-state index in [2.05, 4.69) is 15.2 Å². The lowest BCUT2D eigenvalue weighted by Gasteiger charge is -2.45. The van der Waals surface area contributed by atoms with E-state index in [1.54, 1.807) is 43.2 Å². The van der Waals surface area contributed by atoms with Crippen molar-refractivity contribution in [3.8, 4) is 5.69 Å². The van der Waals surface area contributed by atoms with Crippen LogP contribution in [-0.2, 0) is 23.3 Å². The Balaban J connectivity index is 1.41. The molecule has 0 bridgehead atoms. The van der Waals surface area contributed by atoms with E-state index in [4.69, 9.17) is 0 Å². The molecule has 3 heterocycles. The lowest BCUT2D eigenvalue weighted by atomic mass is 9.59. The monoisotopic (exact) mass is 565 g/mol. The average Bonchev–Trinajstić information content (AvgIpc) is 3.66. The van der Waals surface area contributed by atoms with Crippen molar-refractivity contribution < 1.29 is 17.6 Å². The van der Waals surface area contributed by atoms with Crippen molar-refractivity contribution in [2.45, 2.75) is 49.7 Å². The summed E-state index contributed by atoms with van der Waals surface area (Å²) in [6, 6.07) is 6.14. The van der Waals surface area contributed by atoms with Gasteiger partial charge in [-0.25, -0.2) is 22.5 Å². The maximum Gasteiger partial charge on any atom is 0.201 e. The number of aryl methyl sites for hydroxylation is 2. The van der Waals surface area contributed by atoms with Gasteiger partial charge >= 0.3 is 0 Å². The van der Waals surface area contributed by atoms with Gasteiger partial charge in [-0.1, -0.05) is 5.57 Å². The number of halogens is 1. The van der Waals surface area contributed by atoms with Crippen molar-refractivity contribution >= 4 is 33.0 Å². The first-order valence-corrected chi connectivity index (χ1v) is 15.2. The summed E-state index contributed by atoms with van der Waals surface area (Å²) in [6.45, 7) is 3.66. The smallest absolute Gasteiger partial charge is 0.201 e. The van der Waals surface area contributed by atoms with E-state index in [1.165, 1.54) is 40.5 Å². The number of hydrogen-bond acceptors (Lipinski definition) is 7. The molecule has 0 N–H and O–H groups in total. The highest BCUT2D eigenvalue weighted by Gasteiger charge is 2.52. The van der Waals surface area contributed by atoms with Gasteiger partial charge in [-0.05, 0) is 81.4 Å². The molecule has 0 radical (unpaired) electrons. The van der Waals surface area contributed by atoms with Crippen LogP contribution in [0.5, 0.6) is 0 Å². The highest BCUT2D eigenvalue weighted by Crippen LogP contribution is 2.53. The lowest BCUT2D eigenvalue weighted by Crippen LogP contribution is -2.45. The number of nitrogens with zero attached hydrogens (tertiary/aromatic N) is 5. The van der Waals surface area contributed by atoms with E-state index >= 15 is 0 Å². The van der Waals surface area contributed by atoms with Gasteiger partial charge in [-0.3, -0.25) is 9.48 Å². The number of allylic oxidation sites excluding steroid dienone is 1. The summed E-state index contributed by atoms with van der Waals surface area (Å²) in [5, 5.41) is 8.39. The molecule has 0 amide bonds. The Morgan fingerprint density at radius 1 is 1.18 bits per heavy atom. The number of carbonyl (C=O) groups excluding carboxylic acids is 1. The zero-order chi connectivity index (χ0) is 27.5. The van der Waals surface area contributed by atoms with E-state index in [-0.39, 0.29) is 22.4 Å². The summed E-state index contributed by atoms with van der Waals surface area (Å²) < 4.78 is 43.9. The standard InChI is InChI=1S/C28H28FN5O3S2/c1-17-13-30-27(38-17)26(35)28-11-19(18(2)39(36,37)24-15-31-33(3)16-24)4-5-21(28)10-25-20(12-28)14-32-34(25)23-8-6-22(29)7-9-23/h6-10,13-16,18-19H,4-5,11-12H2,1-3H3/t18-,19-,28+/m0/s1. The Kier molecular flexibility index (Phi) is 6.18. The zero-order valence-corrected chi connectivity index (χ0v) is 23.5. The number of carbonyl (C=O) groups is 1. The lowest BCUT2D eigenvalue weighted by molar-refractivity contribution is 0.0759. The van der Waals surface area contributed by atoms with Crippen molar-refractivity contribution in [1.29, 1.82) is 0 Å². The maximum absolute atomic E-state index is 14.3. The van der Waals surface area contributed by atoms with Crippen molar-refractivity contribution in [3.63, 3.8) is 0 Å². The average molecular weight is 566 g/mol. The molecule has 8 nitrogen and oxygen atoms in total. The molecule has 0 saturated heterocycles. The number of ketones is 1. The topological polar surface area (TPSA) is 99.7 Å². The van der Waals surface area contributed by atoms with Crippen molar-refractivity contribution in [2.75, 3.05) is 0 Å². The first-order valence-electron chi connectivity index (χ1n) is 12.8. The molecule has 11 heteroatoms. The minimum Gasteiger partial charge on any atom is -0.290 e. The van der Waals surface area contributed by atoms with Crippen LogP contribution in [0.25, 0.3) is 11.8 Å². The maximum atomic E-state index is 14.3. The molecule has 0 spiro atoms. The zero-order valence-electron chi connectivity index (χ0n) is 21.8. The van der Waals surface area contributed by atoms with Crippen LogP contribution in [0.1, 0.15) is 52.1 Å². The molecule has 2 aliphatic carbocycles. The molecule has 2 aliphatic rings. The predicted octanol–water partition coefficient (Wildman–Crippen LogP) is 4.98. The quantitative estimate of drug-likeness (QED) is 0.306. The van der Waals surface area contributed by atoms with Gasteiger partial charge in [-0.15, -0.1) is 11.3 Å². The van der Waals surface area contributed by atoms with Gasteiger partial charge in [0, 0.05) is 24.3 Å².